The Balaban J connectivity index is 2.28. The number of benzene rings is 1. The smallest absolute Gasteiger partial charge is 0.239 e. The van der Waals surface area contributed by atoms with Crippen molar-refractivity contribution in [3.63, 3.8) is 0 Å². The number of methoxy groups -OCH3 is 1. The van der Waals surface area contributed by atoms with Gasteiger partial charge in [0, 0.05) is 33.7 Å². The highest BCUT2D eigenvalue weighted by molar-refractivity contribution is 5.83. The van der Waals surface area contributed by atoms with Crippen LogP contribution in [0, 0.1) is 0 Å². The minimum atomic E-state index is -0.126. The average Bonchev–Trinajstić information content (AvgIpc) is 2.47. The zero-order valence-electron chi connectivity index (χ0n) is 12.8. The summed E-state index contributed by atoms with van der Waals surface area (Å²) in [6, 6.07) is 9.97. The van der Waals surface area contributed by atoms with Crippen LogP contribution >= 0.6 is 0 Å². The summed E-state index contributed by atoms with van der Waals surface area (Å²) >= 11 is 0. The summed E-state index contributed by atoms with van der Waals surface area (Å²) in [5, 5.41) is 2.84. The molecule has 0 aliphatic rings. The summed E-state index contributed by atoms with van der Waals surface area (Å²) in [5.74, 6) is -0.220. The molecule has 0 fully saturated rings. The topological polar surface area (TPSA) is 58.6 Å². The highest BCUT2D eigenvalue weighted by Crippen LogP contribution is 1.98. The quantitative estimate of drug-likeness (QED) is 0.696. The van der Waals surface area contributed by atoms with Gasteiger partial charge < -0.3 is 15.0 Å². The molecule has 0 saturated carbocycles. The van der Waals surface area contributed by atoms with Crippen molar-refractivity contribution in [3.8, 4) is 0 Å². The Labute approximate surface area is 126 Å². The number of amides is 2. The number of hydrogen-bond donors (Lipinski definition) is 1. The molecular formula is C16H24N2O3. The molecule has 0 atom stereocenters. The molecule has 0 unspecified atom stereocenters. The summed E-state index contributed by atoms with van der Waals surface area (Å²) < 4.78 is 4.95. The van der Waals surface area contributed by atoms with E-state index in [1.54, 1.807) is 7.11 Å². The van der Waals surface area contributed by atoms with Crippen molar-refractivity contribution >= 4 is 11.8 Å². The van der Waals surface area contributed by atoms with Gasteiger partial charge in [0.05, 0.1) is 6.54 Å². The second kappa shape index (κ2) is 9.94. The molecule has 0 heterocycles. The second-order valence-electron chi connectivity index (χ2n) is 4.87. The third kappa shape index (κ3) is 7.46. The Morgan fingerprint density at radius 2 is 1.95 bits per heavy atom. The third-order valence-electron chi connectivity index (χ3n) is 3.13. The normalized spacial score (nSPS) is 10.2. The van der Waals surface area contributed by atoms with E-state index in [9.17, 15) is 9.59 Å². The Morgan fingerprint density at radius 1 is 1.24 bits per heavy atom. The molecule has 5 heteroatoms. The van der Waals surface area contributed by atoms with Gasteiger partial charge in [0.15, 0.2) is 0 Å². The molecule has 0 aliphatic heterocycles. The number of hydrogen-bond acceptors (Lipinski definition) is 3. The highest BCUT2D eigenvalue weighted by atomic mass is 16.5. The highest BCUT2D eigenvalue weighted by Gasteiger charge is 2.12. The lowest BCUT2D eigenvalue weighted by molar-refractivity contribution is -0.134. The summed E-state index contributed by atoms with van der Waals surface area (Å²) in [6.07, 6.45) is 1.52. The van der Waals surface area contributed by atoms with E-state index in [0.29, 0.717) is 19.7 Å². The maximum atomic E-state index is 11.8. The van der Waals surface area contributed by atoms with E-state index in [-0.39, 0.29) is 18.4 Å². The number of nitrogens with one attached hydrogen (secondary N) is 1. The first-order valence-electron chi connectivity index (χ1n) is 7.18. The first-order valence-corrected chi connectivity index (χ1v) is 7.18. The summed E-state index contributed by atoms with van der Waals surface area (Å²) in [5.41, 5.74) is 1.18. The molecule has 0 spiro atoms. The van der Waals surface area contributed by atoms with E-state index >= 15 is 0 Å². The fraction of sp³-hybridized carbons (Fsp3) is 0.500. The van der Waals surface area contributed by atoms with Crippen molar-refractivity contribution in [2.24, 2.45) is 0 Å². The van der Waals surface area contributed by atoms with Gasteiger partial charge in [-0.2, -0.15) is 0 Å². The molecule has 0 bridgehead atoms. The number of carbonyl (C=O) groups is 2. The van der Waals surface area contributed by atoms with E-state index in [1.807, 2.05) is 30.3 Å². The van der Waals surface area contributed by atoms with Gasteiger partial charge in [0.2, 0.25) is 11.8 Å². The SMILES string of the molecule is COCCCN(CC(=O)NCCc1ccccc1)C(C)=O. The van der Waals surface area contributed by atoms with Crippen LogP contribution in [-0.2, 0) is 20.7 Å². The van der Waals surface area contributed by atoms with Gasteiger partial charge in [-0.05, 0) is 18.4 Å². The molecular weight excluding hydrogens is 268 g/mol. The van der Waals surface area contributed by atoms with Gasteiger partial charge in [-0.3, -0.25) is 9.59 Å². The van der Waals surface area contributed by atoms with E-state index in [0.717, 1.165) is 12.8 Å². The maximum Gasteiger partial charge on any atom is 0.239 e. The molecule has 0 saturated heterocycles. The Morgan fingerprint density at radius 3 is 2.57 bits per heavy atom. The fourth-order valence-corrected chi connectivity index (χ4v) is 1.97. The molecule has 0 aliphatic carbocycles. The Bertz CT molecular complexity index is 434. The van der Waals surface area contributed by atoms with E-state index in [2.05, 4.69) is 5.32 Å². The first kappa shape index (κ1) is 17.2. The summed E-state index contributed by atoms with van der Waals surface area (Å²) in [7, 11) is 1.62. The molecule has 1 aromatic rings. The molecule has 0 radical (unpaired) electrons. The van der Waals surface area contributed by atoms with Crippen LogP contribution in [0.2, 0.25) is 0 Å². The molecule has 1 N–H and O–H groups in total. The minimum absolute atomic E-state index is 0.0932. The van der Waals surface area contributed by atoms with Gasteiger partial charge in [-0.1, -0.05) is 30.3 Å². The lowest BCUT2D eigenvalue weighted by Crippen LogP contribution is -2.41. The fourth-order valence-electron chi connectivity index (χ4n) is 1.97. The van der Waals surface area contributed by atoms with Crippen LogP contribution in [0.4, 0.5) is 0 Å². The van der Waals surface area contributed by atoms with Crippen molar-refractivity contribution in [2.75, 3.05) is 33.4 Å². The Kier molecular flexibility index (Phi) is 8.12. The number of rotatable bonds is 9. The predicted molar refractivity (Wildman–Crippen MR) is 81.9 cm³/mol. The molecule has 116 valence electrons. The maximum absolute atomic E-state index is 11.8. The van der Waals surface area contributed by atoms with Crippen LogP contribution in [0.5, 0.6) is 0 Å². The lowest BCUT2D eigenvalue weighted by Gasteiger charge is -2.20. The lowest BCUT2D eigenvalue weighted by atomic mass is 10.1. The monoisotopic (exact) mass is 292 g/mol. The average molecular weight is 292 g/mol. The van der Waals surface area contributed by atoms with Gasteiger partial charge in [0.1, 0.15) is 0 Å². The van der Waals surface area contributed by atoms with Gasteiger partial charge in [-0.25, -0.2) is 0 Å². The van der Waals surface area contributed by atoms with Gasteiger partial charge >= 0.3 is 0 Å². The standard InChI is InChI=1S/C16H24N2O3/c1-14(19)18(11-6-12-21-2)13-16(20)17-10-9-15-7-4-3-5-8-15/h3-5,7-8H,6,9-13H2,1-2H3,(H,17,20). The van der Waals surface area contributed by atoms with Crippen molar-refractivity contribution in [2.45, 2.75) is 19.8 Å². The van der Waals surface area contributed by atoms with Crippen molar-refractivity contribution in [1.82, 2.24) is 10.2 Å². The zero-order valence-corrected chi connectivity index (χ0v) is 12.8. The van der Waals surface area contributed by atoms with E-state index in [1.165, 1.54) is 17.4 Å². The van der Waals surface area contributed by atoms with Crippen molar-refractivity contribution in [1.29, 1.82) is 0 Å². The Hall–Kier alpha value is -1.88. The number of nitrogens with zero attached hydrogens (tertiary/aromatic N) is 1. The van der Waals surface area contributed by atoms with Crippen LogP contribution in [-0.4, -0.2) is 50.1 Å². The molecule has 1 aromatic carbocycles. The molecule has 0 aromatic heterocycles. The van der Waals surface area contributed by atoms with Crippen molar-refractivity contribution in [3.05, 3.63) is 35.9 Å². The minimum Gasteiger partial charge on any atom is -0.385 e. The van der Waals surface area contributed by atoms with E-state index in [4.69, 9.17) is 4.74 Å². The third-order valence-corrected chi connectivity index (χ3v) is 3.13. The number of carbonyl (C=O) groups excluding carboxylic acids is 2. The molecule has 21 heavy (non-hydrogen) atoms. The molecule has 1 rings (SSSR count). The largest absolute Gasteiger partial charge is 0.385 e. The van der Waals surface area contributed by atoms with Crippen LogP contribution in [0.15, 0.2) is 30.3 Å². The van der Waals surface area contributed by atoms with E-state index < -0.39 is 0 Å². The van der Waals surface area contributed by atoms with Crippen LogP contribution in [0.3, 0.4) is 0 Å². The zero-order chi connectivity index (χ0) is 15.5. The molecule has 2 amide bonds. The van der Waals surface area contributed by atoms with Gasteiger partial charge in [-0.15, -0.1) is 0 Å². The predicted octanol–water partition coefficient (Wildman–Crippen LogP) is 1.23. The first-order chi connectivity index (χ1) is 10.1. The van der Waals surface area contributed by atoms with Crippen LogP contribution in [0.25, 0.3) is 0 Å². The van der Waals surface area contributed by atoms with Crippen LogP contribution < -0.4 is 5.32 Å². The van der Waals surface area contributed by atoms with Crippen molar-refractivity contribution < 1.29 is 14.3 Å². The van der Waals surface area contributed by atoms with Gasteiger partial charge in [0.25, 0.3) is 0 Å². The van der Waals surface area contributed by atoms with Crippen LogP contribution in [0.1, 0.15) is 18.9 Å². The molecule has 5 nitrogen and oxygen atoms in total. The second-order valence-corrected chi connectivity index (χ2v) is 4.87. The number of ether oxygens (including phenoxy) is 1. The summed E-state index contributed by atoms with van der Waals surface area (Å²) in [4.78, 5) is 24.9. The summed E-state index contributed by atoms with van der Waals surface area (Å²) in [6.45, 7) is 3.28.